The largest absolute Gasteiger partial charge is 0.399 e. The van der Waals surface area contributed by atoms with Crippen molar-refractivity contribution in [3.63, 3.8) is 0 Å². The van der Waals surface area contributed by atoms with E-state index in [1.165, 1.54) is 19.3 Å². The van der Waals surface area contributed by atoms with Gasteiger partial charge in [-0.25, -0.2) is 0 Å². The SMILES string of the molecule is CCC1CCCC(NC(=O)c2n[nH]c3ccc(N)cc23)C1. The molecule has 1 aliphatic carbocycles. The van der Waals surface area contributed by atoms with Gasteiger partial charge in [0.2, 0.25) is 0 Å². The molecule has 4 N–H and O–H groups in total. The van der Waals surface area contributed by atoms with E-state index < -0.39 is 0 Å². The molecule has 21 heavy (non-hydrogen) atoms. The summed E-state index contributed by atoms with van der Waals surface area (Å²) in [5, 5.41) is 11.0. The number of benzene rings is 1. The Morgan fingerprint density at radius 1 is 1.48 bits per heavy atom. The quantitative estimate of drug-likeness (QED) is 0.759. The first-order chi connectivity index (χ1) is 10.2. The highest BCUT2D eigenvalue weighted by atomic mass is 16.2. The molecule has 112 valence electrons. The molecule has 0 radical (unpaired) electrons. The average Bonchev–Trinajstić information content (AvgIpc) is 2.90. The molecule has 5 heteroatoms. The van der Waals surface area contributed by atoms with Crippen molar-refractivity contribution >= 4 is 22.5 Å². The van der Waals surface area contributed by atoms with Gasteiger partial charge in [0, 0.05) is 17.1 Å². The van der Waals surface area contributed by atoms with Gasteiger partial charge in [0.05, 0.1) is 5.52 Å². The van der Waals surface area contributed by atoms with Crippen molar-refractivity contribution in [1.29, 1.82) is 0 Å². The maximum absolute atomic E-state index is 12.5. The zero-order valence-corrected chi connectivity index (χ0v) is 12.4. The zero-order chi connectivity index (χ0) is 14.8. The Balaban J connectivity index is 1.76. The van der Waals surface area contributed by atoms with Crippen LogP contribution in [-0.2, 0) is 0 Å². The van der Waals surface area contributed by atoms with Crippen LogP contribution in [0.2, 0.25) is 0 Å². The molecule has 1 aromatic heterocycles. The Bertz CT molecular complexity index is 649. The highest BCUT2D eigenvalue weighted by Gasteiger charge is 2.24. The van der Waals surface area contributed by atoms with Gasteiger partial charge in [-0.3, -0.25) is 9.89 Å². The summed E-state index contributed by atoms with van der Waals surface area (Å²) in [6.07, 6.45) is 5.80. The van der Waals surface area contributed by atoms with Crippen LogP contribution in [-0.4, -0.2) is 22.1 Å². The normalized spacial score (nSPS) is 22.3. The molecular weight excluding hydrogens is 264 g/mol. The number of hydrogen-bond acceptors (Lipinski definition) is 3. The molecule has 2 unspecified atom stereocenters. The summed E-state index contributed by atoms with van der Waals surface area (Å²) >= 11 is 0. The van der Waals surface area contributed by atoms with Gasteiger partial charge in [0.15, 0.2) is 5.69 Å². The van der Waals surface area contributed by atoms with Crippen molar-refractivity contribution in [3.8, 4) is 0 Å². The van der Waals surface area contributed by atoms with Gasteiger partial charge in [-0.1, -0.05) is 26.2 Å². The van der Waals surface area contributed by atoms with Crippen LogP contribution in [0, 0.1) is 5.92 Å². The molecule has 0 saturated heterocycles. The van der Waals surface area contributed by atoms with E-state index in [0.717, 1.165) is 29.7 Å². The predicted molar refractivity (Wildman–Crippen MR) is 84.0 cm³/mol. The van der Waals surface area contributed by atoms with Crippen LogP contribution in [0.5, 0.6) is 0 Å². The third-order valence-corrected chi connectivity index (χ3v) is 4.50. The molecule has 1 aromatic carbocycles. The molecule has 1 heterocycles. The van der Waals surface area contributed by atoms with Gasteiger partial charge in [-0.15, -0.1) is 0 Å². The second-order valence-corrected chi connectivity index (χ2v) is 5.99. The van der Waals surface area contributed by atoms with Gasteiger partial charge >= 0.3 is 0 Å². The number of nitrogens with one attached hydrogen (secondary N) is 2. The van der Waals surface area contributed by atoms with E-state index in [0.29, 0.717) is 11.4 Å². The average molecular weight is 286 g/mol. The van der Waals surface area contributed by atoms with E-state index in [2.05, 4.69) is 22.4 Å². The molecule has 1 saturated carbocycles. The van der Waals surface area contributed by atoms with E-state index >= 15 is 0 Å². The van der Waals surface area contributed by atoms with Gasteiger partial charge < -0.3 is 11.1 Å². The number of hydrogen-bond donors (Lipinski definition) is 3. The van der Waals surface area contributed by atoms with Gasteiger partial charge in [-0.2, -0.15) is 5.10 Å². The summed E-state index contributed by atoms with van der Waals surface area (Å²) in [6.45, 7) is 2.22. The van der Waals surface area contributed by atoms with Crippen molar-refractivity contribution in [1.82, 2.24) is 15.5 Å². The van der Waals surface area contributed by atoms with Crippen molar-refractivity contribution in [2.45, 2.75) is 45.1 Å². The number of H-pyrrole nitrogens is 1. The molecule has 0 spiro atoms. The standard InChI is InChI=1S/C16H22N4O/c1-2-10-4-3-5-12(8-10)18-16(21)15-13-9-11(17)6-7-14(13)19-20-15/h6-7,9-10,12H,2-5,8,17H2,1H3,(H,18,21)(H,19,20). The van der Waals surface area contributed by atoms with Crippen LogP contribution in [0.1, 0.15) is 49.5 Å². The Morgan fingerprint density at radius 3 is 3.14 bits per heavy atom. The third kappa shape index (κ3) is 2.86. The van der Waals surface area contributed by atoms with E-state index in [9.17, 15) is 4.79 Å². The minimum absolute atomic E-state index is 0.103. The van der Waals surface area contributed by atoms with Crippen molar-refractivity contribution in [3.05, 3.63) is 23.9 Å². The number of amides is 1. The highest BCUT2D eigenvalue weighted by Crippen LogP contribution is 2.27. The Hall–Kier alpha value is -2.04. The lowest BCUT2D eigenvalue weighted by Crippen LogP contribution is -2.38. The summed E-state index contributed by atoms with van der Waals surface area (Å²) < 4.78 is 0. The molecule has 1 fully saturated rings. The molecule has 2 aromatic rings. The van der Waals surface area contributed by atoms with Gasteiger partial charge in [0.25, 0.3) is 5.91 Å². The first-order valence-corrected chi connectivity index (χ1v) is 7.72. The minimum atomic E-state index is -0.103. The highest BCUT2D eigenvalue weighted by molar-refractivity contribution is 6.05. The number of fused-ring (bicyclic) bond motifs is 1. The zero-order valence-electron chi connectivity index (χ0n) is 12.4. The van der Waals surface area contributed by atoms with E-state index in [-0.39, 0.29) is 11.9 Å². The number of aromatic amines is 1. The number of nitrogens with two attached hydrogens (primary N) is 1. The summed E-state index contributed by atoms with van der Waals surface area (Å²) in [6, 6.07) is 5.71. The lowest BCUT2D eigenvalue weighted by atomic mass is 9.84. The van der Waals surface area contributed by atoms with Crippen LogP contribution in [0.25, 0.3) is 10.9 Å². The van der Waals surface area contributed by atoms with Crippen LogP contribution in [0.15, 0.2) is 18.2 Å². The summed E-state index contributed by atoms with van der Waals surface area (Å²) in [4.78, 5) is 12.5. The third-order valence-electron chi connectivity index (χ3n) is 4.50. The number of nitrogen functional groups attached to an aromatic ring is 1. The number of carbonyl (C=O) groups is 1. The van der Waals surface area contributed by atoms with Crippen molar-refractivity contribution in [2.24, 2.45) is 5.92 Å². The first-order valence-electron chi connectivity index (χ1n) is 7.72. The fraction of sp³-hybridized carbons (Fsp3) is 0.500. The number of aromatic nitrogens is 2. The molecule has 1 amide bonds. The van der Waals surface area contributed by atoms with E-state index in [4.69, 9.17) is 5.73 Å². The van der Waals surface area contributed by atoms with Gasteiger partial charge in [0.1, 0.15) is 0 Å². The predicted octanol–water partition coefficient (Wildman–Crippen LogP) is 2.84. The van der Waals surface area contributed by atoms with Crippen LogP contribution >= 0.6 is 0 Å². The van der Waals surface area contributed by atoms with Crippen LogP contribution in [0.4, 0.5) is 5.69 Å². The maximum atomic E-state index is 12.5. The lowest BCUT2D eigenvalue weighted by Gasteiger charge is -2.28. The fourth-order valence-electron chi connectivity index (χ4n) is 3.25. The van der Waals surface area contributed by atoms with Crippen molar-refractivity contribution < 1.29 is 4.79 Å². The molecule has 0 bridgehead atoms. The molecule has 1 aliphatic rings. The molecule has 3 rings (SSSR count). The van der Waals surface area contributed by atoms with Crippen LogP contribution in [0.3, 0.4) is 0 Å². The van der Waals surface area contributed by atoms with Gasteiger partial charge in [-0.05, 0) is 37.0 Å². The van der Waals surface area contributed by atoms with Crippen molar-refractivity contribution in [2.75, 3.05) is 5.73 Å². The number of anilines is 1. The van der Waals surface area contributed by atoms with E-state index in [1.54, 1.807) is 12.1 Å². The minimum Gasteiger partial charge on any atom is -0.399 e. The molecule has 2 atom stereocenters. The Kier molecular flexibility index (Phi) is 3.82. The summed E-state index contributed by atoms with van der Waals surface area (Å²) in [7, 11) is 0. The second-order valence-electron chi connectivity index (χ2n) is 5.99. The Labute approximate surface area is 124 Å². The number of rotatable bonds is 3. The molecule has 0 aliphatic heterocycles. The van der Waals surface area contributed by atoms with E-state index in [1.807, 2.05) is 6.07 Å². The summed E-state index contributed by atoms with van der Waals surface area (Å²) in [5.41, 5.74) is 7.72. The fourth-order valence-corrected chi connectivity index (χ4v) is 3.25. The topological polar surface area (TPSA) is 83.8 Å². The monoisotopic (exact) mass is 286 g/mol. The molecular formula is C16H22N4O. The number of carbonyl (C=O) groups excluding carboxylic acids is 1. The maximum Gasteiger partial charge on any atom is 0.272 e. The van der Waals surface area contributed by atoms with Crippen LogP contribution < -0.4 is 11.1 Å². The second kappa shape index (κ2) is 5.76. The molecule has 5 nitrogen and oxygen atoms in total. The Morgan fingerprint density at radius 2 is 2.33 bits per heavy atom. The lowest BCUT2D eigenvalue weighted by molar-refractivity contribution is 0.0915. The number of nitrogens with zero attached hydrogens (tertiary/aromatic N) is 1. The first kappa shape index (κ1) is 13.9. The smallest absolute Gasteiger partial charge is 0.272 e. The summed E-state index contributed by atoms with van der Waals surface area (Å²) in [5.74, 6) is 0.629.